The fourth-order valence-electron chi connectivity index (χ4n) is 4.79. The lowest BCUT2D eigenvalue weighted by Crippen LogP contribution is -2.52. The molecular formula is C26H30N6O2. The van der Waals surface area contributed by atoms with Gasteiger partial charge in [0.15, 0.2) is 5.82 Å². The van der Waals surface area contributed by atoms with Gasteiger partial charge in [-0.15, -0.1) is 10.2 Å². The highest BCUT2D eigenvalue weighted by atomic mass is 16.5. The SMILES string of the molecule is COc1ccc(N2CCN(C(=O)C3CCCN(c4ccc(-c5ccncc5)nn4)C3)CC2)cc1. The molecule has 0 aliphatic carbocycles. The van der Waals surface area contributed by atoms with Gasteiger partial charge in [0.2, 0.25) is 5.91 Å². The Morgan fingerprint density at radius 2 is 1.65 bits per heavy atom. The van der Waals surface area contributed by atoms with Crippen molar-refractivity contribution in [1.29, 1.82) is 0 Å². The van der Waals surface area contributed by atoms with Crippen LogP contribution in [-0.4, -0.2) is 72.4 Å². The Kier molecular flexibility index (Phi) is 6.56. The Labute approximate surface area is 200 Å². The molecule has 1 atom stereocenters. The fraction of sp³-hybridized carbons (Fsp3) is 0.385. The number of nitrogens with zero attached hydrogens (tertiary/aromatic N) is 6. The molecule has 2 saturated heterocycles. The standard InChI is InChI=1S/C26H30N6O2/c1-34-23-6-4-22(5-7-23)30-15-17-31(18-16-30)26(33)21-3-2-14-32(19-21)25-9-8-24(28-29-25)20-10-12-27-13-11-20/h4-13,21H,2-3,14-19H2,1H3. The van der Waals surface area contributed by atoms with Crippen molar-refractivity contribution in [1.82, 2.24) is 20.1 Å². The largest absolute Gasteiger partial charge is 0.497 e. The second-order valence-corrected chi connectivity index (χ2v) is 8.81. The number of anilines is 2. The summed E-state index contributed by atoms with van der Waals surface area (Å²) in [5.41, 5.74) is 2.99. The Bertz CT molecular complexity index is 1080. The van der Waals surface area contributed by atoms with Crippen LogP contribution in [0.3, 0.4) is 0 Å². The number of ether oxygens (including phenoxy) is 1. The van der Waals surface area contributed by atoms with Crippen molar-refractivity contribution in [3.05, 3.63) is 60.9 Å². The van der Waals surface area contributed by atoms with Crippen LogP contribution in [0.25, 0.3) is 11.3 Å². The first-order valence-corrected chi connectivity index (χ1v) is 11.9. The van der Waals surface area contributed by atoms with E-state index in [-0.39, 0.29) is 11.8 Å². The molecule has 2 aliphatic heterocycles. The van der Waals surface area contributed by atoms with E-state index in [1.807, 2.05) is 41.3 Å². The Morgan fingerprint density at radius 3 is 2.32 bits per heavy atom. The van der Waals surface area contributed by atoms with E-state index in [1.165, 1.54) is 5.69 Å². The smallest absolute Gasteiger partial charge is 0.227 e. The number of methoxy groups -OCH3 is 1. The van der Waals surface area contributed by atoms with E-state index in [4.69, 9.17) is 4.74 Å². The van der Waals surface area contributed by atoms with Crippen LogP contribution in [0.4, 0.5) is 11.5 Å². The van der Waals surface area contributed by atoms with Crippen molar-refractivity contribution < 1.29 is 9.53 Å². The molecule has 8 heteroatoms. The minimum Gasteiger partial charge on any atom is -0.497 e. The quantitative estimate of drug-likeness (QED) is 0.582. The molecule has 3 aromatic rings. The van der Waals surface area contributed by atoms with E-state index in [1.54, 1.807) is 19.5 Å². The minimum absolute atomic E-state index is 0.00274. The number of carbonyl (C=O) groups is 1. The highest BCUT2D eigenvalue weighted by Gasteiger charge is 2.31. The highest BCUT2D eigenvalue weighted by Crippen LogP contribution is 2.26. The lowest BCUT2D eigenvalue weighted by molar-refractivity contribution is -0.136. The minimum atomic E-state index is 0.00274. The molecule has 0 N–H and O–H groups in total. The molecule has 34 heavy (non-hydrogen) atoms. The highest BCUT2D eigenvalue weighted by molar-refractivity contribution is 5.80. The van der Waals surface area contributed by atoms with Crippen LogP contribution in [0.1, 0.15) is 12.8 Å². The number of pyridine rings is 1. The maximum atomic E-state index is 13.3. The molecule has 0 bridgehead atoms. The number of rotatable bonds is 5. The van der Waals surface area contributed by atoms with Gasteiger partial charge in [0.1, 0.15) is 5.75 Å². The zero-order valence-corrected chi connectivity index (χ0v) is 19.5. The molecule has 0 saturated carbocycles. The summed E-state index contributed by atoms with van der Waals surface area (Å²) in [7, 11) is 1.68. The number of piperazine rings is 1. The van der Waals surface area contributed by atoms with E-state index < -0.39 is 0 Å². The molecule has 2 fully saturated rings. The van der Waals surface area contributed by atoms with Crippen LogP contribution < -0.4 is 14.5 Å². The van der Waals surface area contributed by atoms with Gasteiger partial charge in [-0.05, 0) is 61.4 Å². The maximum Gasteiger partial charge on any atom is 0.227 e. The van der Waals surface area contributed by atoms with Gasteiger partial charge in [0, 0.05) is 62.9 Å². The molecule has 0 radical (unpaired) electrons. The third kappa shape index (κ3) is 4.81. The number of hydrogen-bond donors (Lipinski definition) is 0. The number of amides is 1. The van der Waals surface area contributed by atoms with Crippen molar-refractivity contribution in [2.24, 2.45) is 5.92 Å². The second-order valence-electron chi connectivity index (χ2n) is 8.81. The summed E-state index contributed by atoms with van der Waals surface area (Å²) < 4.78 is 5.25. The summed E-state index contributed by atoms with van der Waals surface area (Å²) in [5.74, 6) is 1.96. The average molecular weight is 459 g/mol. The number of aromatic nitrogens is 3. The first-order chi connectivity index (χ1) is 16.7. The molecule has 8 nitrogen and oxygen atoms in total. The molecule has 2 aliphatic rings. The normalized spacial score (nSPS) is 18.6. The molecule has 1 amide bonds. The topological polar surface area (TPSA) is 74.7 Å². The zero-order valence-electron chi connectivity index (χ0n) is 19.5. The summed E-state index contributed by atoms with van der Waals surface area (Å²) >= 11 is 0. The summed E-state index contributed by atoms with van der Waals surface area (Å²) in [5, 5.41) is 8.86. The van der Waals surface area contributed by atoms with E-state index in [0.717, 1.165) is 68.4 Å². The Balaban J connectivity index is 1.17. The summed E-state index contributed by atoms with van der Waals surface area (Å²) in [6.07, 6.45) is 5.41. The average Bonchev–Trinajstić information content (AvgIpc) is 2.93. The van der Waals surface area contributed by atoms with Crippen LogP contribution in [-0.2, 0) is 4.79 Å². The first kappa shape index (κ1) is 22.1. The Morgan fingerprint density at radius 1 is 0.882 bits per heavy atom. The van der Waals surface area contributed by atoms with E-state index in [2.05, 4.69) is 37.1 Å². The number of hydrogen-bond acceptors (Lipinski definition) is 7. The van der Waals surface area contributed by atoms with Gasteiger partial charge in [0.25, 0.3) is 0 Å². The maximum absolute atomic E-state index is 13.3. The summed E-state index contributed by atoms with van der Waals surface area (Å²) in [4.78, 5) is 23.9. The molecule has 2 aromatic heterocycles. The fourth-order valence-corrected chi connectivity index (χ4v) is 4.79. The van der Waals surface area contributed by atoms with Crippen LogP contribution in [0, 0.1) is 5.92 Å². The molecule has 0 spiro atoms. The molecule has 5 rings (SSSR count). The van der Waals surface area contributed by atoms with Crippen LogP contribution in [0.2, 0.25) is 0 Å². The predicted octanol–water partition coefficient (Wildman–Crippen LogP) is 3.11. The van der Waals surface area contributed by atoms with Crippen molar-refractivity contribution in [3.8, 4) is 17.0 Å². The number of piperidine rings is 1. The van der Waals surface area contributed by atoms with Crippen LogP contribution in [0.5, 0.6) is 5.75 Å². The number of carbonyl (C=O) groups excluding carboxylic acids is 1. The third-order valence-electron chi connectivity index (χ3n) is 6.75. The van der Waals surface area contributed by atoms with E-state index in [0.29, 0.717) is 6.54 Å². The zero-order chi connectivity index (χ0) is 23.3. The van der Waals surface area contributed by atoms with Gasteiger partial charge >= 0.3 is 0 Å². The lowest BCUT2D eigenvalue weighted by atomic mass is 9.96. The van der Waals surface area contributed by atoms with Crippen molar-refractivity contribution in [2.75, 3.05) is 56.2 Å². The van der Waals surface area contributed by atoms with Crippen LogP contribution in [0.15, 0.2) is 60.9 Å². The van der Waals surface area contributed by atoms with Gasteiger partial charge in [-0.25, -0.2) is 0 Å². The lowest BCUT2D eigenvalue weighted by Gasteiger charge is -2.40. The van der Waals surface area contributed by atoms with Crippen molar-refractivity contribution in [3.63, 3.8) is 0 Å². The summed E-state index contributed by atoms with van der Waals surface area (Å²) in [6.45, 7) is 4.79. The van der Waals surface area contributed by atoms with Crippen molar-refractivity contribution in [2.45, 2.75) is 12.8 Å². The predicted molar refractivity (Wildman–Crippen MR) is 132 cm³/mol. The van der Waals surface area contributed by atoms with E-state index >= 15 is 0 Å². The molecule has 1 aromatic carbocycles. The van der Waals surface area contributed by atoms with Gasteiger partial charge < -0.3 is 19.4 Å². The van der Waals surface area contributed by atoms with Gasteiger partial charge in [-0.2, -0.15) is 0 Å². The second kappa shape index (κ2) is 10.1. The van der Waals surface area contributed by atoms with Gasteiger partial charge in [-0.3, -0.25) is 9.78 Å². The first-order valence-electron chi connectivity index (χ1n) is 11.9. The van der Waals surface area contributed by atoms with Crippen LogP contribution >= 0.6 is 0 Å². The Hall–Kier alpha value is -3.68. The van der Waals surface area contributed by atoms with Gasteiger partial charge in [-0.1, -0.05) is 0 Å². The van der Waals surface area contributed by atoms with E-state index in [9.17, 15) is 4.79 Å². The molecule has 1 unspecified atom stereocenters. The summed E-state index contributed by atoms with van der Waals surface area (Å²) in [6, 6.07) is 16.0. The molecular weight excluding hydrogens is 428 g/mol. The monoisotopic (exact) mass is 458 g/mol. The van der Waals surface area contributed by atoms with Gasteiger partial charge in [0.05, 0.1) is 18.7 Å². The van der Waals surface area contributed by atoms with Crippen molar-refractivity contribution >= 4 is 17.4 Å². The number of benzene rings is 1. The molecule has 4 heterocycles. The molecule has 176 valence electrons. The third-order valence-corrected chi connectivity index (χ3v) is 6.75.